The van der Waals surface area contributed by atoms with Crippen molar-refractivity contribution in [2.45, 2.75) is 33.3 Å². The lowest BCUT2D eigenvalue weighted by Crippen LogP contribution is -2.25. The minimum absolute atomic E-state index is 0.0671. The van der Waals surface area contributed by atoms with Gasteiger partial charge in [-0.1, -0.05) is 0 Å². The highest BCUT2D eigenvalue weighted by atomic mass is 16.5. The summed E-state index contributed by atoms with van der Waals surface area (Å²) in [5.74, 6) is 0.313. The molecule has 2 N–H and O–H groups in total. The fraction of sp³-hybridized carbons (Fsp3) is 0.467. The molecule has 1 aliphatic rings. The second-order valence-electron chi connectivity index (χ2n) is 5.34. The fourth-order valence-electron chi connectivity index (χ4n) is 2.15. The summed E-state index contributed by atoms with van der Waals surface area (Å²) in [6.07, 6.45) is 0.379. The second-order valence-corrected chi connectivity index (χ2v) is 5.34. The molecule has 2 rings (SSSR count). The first kappa shape index (κ1) is 14.4. The van der Waals surface area contributed by atoms with E-state index in [4.69, 9.17) is 4.74 Å². The van der Waals surface area contributed by atoms with Crippen molar-refractivity contribution in [3.63, 3.8) is 0 Å². The number of amides is 2. The van der Waals surface area contributed by atoms with E-state index in [-0.39, 0.29) is 30.3 Å². The molecule has 0 aromatic heterocycles. The average molecular weight is 276 g/mol. The number of aryl methyl sites for hydroxylation is 1. The minimum Gasteiger partial charge on any atom is -0.491 e. The van der Waals surface area contributed by atoms with Crippen molar-refractivity contribution in [2.24, 2.45) is 5.92 Å². The van der Waals surface area contributed by atoms with Crippen LogP contribution in [0.4, 0.5) is 5.69 Å². The average Bonchev–Trinajstić information content (AvgIpc) is 2.78. The summed E-state index contributed by atoms with van der Waals surface area (Å²) in [6, 6.07) is 5.56. The number of hydrogen-bond donors (Lipinski definition) is 2. The van der Waals surface area contributed by atoms with Crippen LogP contribution in [-0.4, -0.2) is 24.5 Å². The number of ether oxygens (including phenoxy) is 1. The third-order valence-corrected chi connectivity index (χ3v) is 3.18. The van der Waals surface area contributed by atoms with Crippen molar-refractivity contribution < 1.29 is 14.3 Å². The Labute approximate surface area is 118 Å². The molecule has 20 heavy (non-hydrogen) atoms. The van der Waals surface area contributed by atoms with Gasteiger partial charge in [-0.25, -0.2) is 0 Å². The van der Waals surface area contributed by atoms with E-state index in [0.717, 1.165) is 17.0 Å². The summed E-state index contributed by atoms with van der Waals surface area (Å²) >= 11 is 0. The van der Waals surface area contributed by atoms with Crippen molar-refractivity contribution >= 4 is 17.5 Å². The Morgan fingerprint density at radius 3 is 2.75 bits per heavy atom. The van der Waals surface area contributed by atoms with E-state index in [1.54, 1.807) is 0 Å². The van der Waals surface area contributed by atoms with Gasteiger partial charge in [-0.05, 0) is 44.5 Å². The molecule has 1 aromatic carbocycles. The zero-order valence-electron chi connectivity index (χ0n) is 12.0. The molecule has 1 fully saturated rings. The predicted molar refractivity (Wildman–Crippen MR) is 76.7 cm³/mol. The first-order valence-electron chi connectivity index (χ1n) is 6.80. The largest absolute Gasteiger partial charge is 0.491 e. The van der Waals surface area contributed by atoms with E-state index in [2.05, 4.69) is 10.6 Å². The van der Waals surface area contributed by atoms with Crippen molar-refractivity contribution in [2.75, 3.05) is 11.9 Å². The molecule has 1 heterocycles. The third kappa shape index (κ3) is 3.50. The smallest absolute Gasteiger partial charge is 0.229 e. The Bertz CT molecular complexity index is 526. The van der Waals surface area contributed by atoms with Gasteiger partial charge in [0.15, 0.2) is 0 Å². The maximum Gasteiger partial charge on any atom is 0.229 e. The molecule has 2 amide bonds. The number of rotatable bonds is 4. The molecule has 0 spiro atoms. The van der Waals surface area contributed by atoms with Crippen LogP contribution in [0.3, 0.4) is 0 Å². The Morgan fingerprint density at radius 1 is 1.45 bits per heavy atom. The van der Waals surface area contributed by atoms with Gasteiger partial charge in [0.05, 0.1) is 12.0 Å². The predicted octanol–water partition coefficient (Wildman–Crippen LogP) is 1.86. The van der Waals surface area contributed by atoms with Gasteiger partial charge in [0.1, 0.15) is 5.75 Å². The summed E-state index contributed by atoms with van der Waals surface area (Å²) in [5.41, 5.74) is 1.69. The first-order chi connectivity index (χ1) is 9.45. The van der Waals surface area contributed by atoms with Crippen LogP contribution < -0.4 is 15.4 Å². The van der Waals surface area contributed by atoms with Crippen molar-refractivity contribution in [3.05, 3.63) is 23.8 Å². The Balaban J connectivity index is 2.02. The van der Waals surface area contributed by atoms with Crippen LogP contribution in [0, 0.1) is 12.8 Å². The van der Waals surface area contributed by atoms with Crippen LogP contribution in [0.25, 0.3) is 0 Å². The first-order valence-corrected chi connectivity index (χ1v) is 6.80. The number of benzene rings is 1. The molecule has 1 unspecified atom stereocenters. The standard InChI is InChI=1S/C15H20N2O3/c1-9(2)20-12-4-5-13(10(3)6-12)17-15(19)11-7-14(18)16-8-11/h4-6,9,11H,7-8H2,1-3H3,(H,16,18)(H,17,19). The Kier molecular flexibility index (Phi) is 4.27. The Morgan fingerprint density at radius 2 is 2.20 bits per heavy atom. The summed E-state index contributed by atoms with van der Waals surface area (Å²) < 4.78 is 5.60. The van der Waals surface area contributed by atoms with Crippen LogP contribution in [0.15, 0.2) is 18.2 Å². The van der Waals surface area contributed by atoms with Gasteiger partial charge in [0.25, 0.3) is 0 Å². The summed E-state index contributed by atoms with van der Waals surface area (Å²) in [6.45, 7) is 6.27. The molecule has 0 aliphatic carbocycles. The zero-order valence-corrected chi connectivity index (χ0v) is 12.0. The molecule has 1 saturated heterocycles. The highest BCUT2D eigenvalue weighted by Gasteiger charge is 2.28. The van der Waals surface area contributed by atoms with Gasteiger partial charge in [0.2, 0.25) is 11.8 Å². The molecular weight excluding hydrogens is 256 g/mol. The monoisotopic (exact) mass is 276 g/mol. The molecule has 1 atom stereocenters. The van der Waals surface area contributed by atoms with Crippen molar-refractivity contribution in [3.8, 4) is 5.75 Å². The Hall–Kier alpha value is -2.04. The van der Waals surface area contributed by atoms with Gasteiger partial charge in [0, 0.05) is 18.7 Å². The molecule has 0 bridgehead atoms. The minimum atomic E-state index is -0.284. The highest BCUT2D eigenvalue weighted by Crippen LogP contribution is 2.23. The topological polar surface area (TPSA) is 67.4 Å². The van der Waals surface area contributed by atoms with Crippen LogP contribution >= 0.6 is 0 Å². The van der Waals surface area contributed by atoms with Crippen LogP contribution in [0.5, 0.6) is 5.75 Å². The van der Waals surface area contributed by atoms with E-state index >= 15 is 0 Å². The van der Waals surface area contributed by atoms with E-state index < -0.39 is 0 Å². The lowest BCUT2D eigenvalue weighted by Gasteiger charge is -2.14. The quantitative estimate of drug-likeness (QED) is 0.882. The number of hydrogen-bond acceptors (Lipinski definition) is 3. The van der Waals surface area contributed by atoms with Gasteiger partial charge >= 0.3 is 0 Å². The maximum atomic E-state index is 12.0. The van der Waals surface area contributed by atoms with E-state index in [9.17, 15) is 9.59 Å². The molecule has 0 saturated carbocycles. The molecule has 108 valence electrons. The lowest BCUT2D eigenvalue weighted by atomic mass is 10.1. The molecule has 1 aromatic rings. The van der Waals surface area contributed by atoms with Gasteiger partial charge in [-0.3, -0.25) is 9.59 Å². The molecular formula is C15H20N2O3. The second kappa shape index (κ2) is 5.94. The summed E-state index contributed by atoms with van der Waals surface area (Å²) in [4.78, 5) is 23.2. The fourth-order valence-corrected chi connectivity index (χ4v) is 2.15. The van der Waals surface area contributed by atoms with Crippen molar-refractivity contribution in [1.29, 1.82) is 0 Å². The van der Waals surface area contributed by atoms with Crippen LogP contribution in [0.2, 0.25) is 0 Å². The molecule has 1 aliphatic heterocycles. The van der Waals surface area contributed by atoms with Crippen molar-refractivity contribution in [1.82, 2.24) is 5.32 Å². The third-order valence-electron chi connectivity index (χ3n) is 3.18. The SMILES string of the molecule is Cc1cc(OC(C)C)ccc1NC(=O)C1CNC(=O)C1. The summed E-state index contributed by atoms with van der Waals surface area (Å²) in [5, 5.41) is 5.53. The molecule has 0 radical (unpaired) electrons. The van der Waals surface area contributed by atoms with Gasteiger partial charge in [-0.15, -0.1) is 0 Å². The van der Waals surface area contributed by atoms with E-state index in [1.165, 1.54) is 0 Å². The normalized spacial score (nSPS) is 18.0. The van der Waals surface area contributed by atoms with Gasteiger partial charge in [-0.2, -0.15) is 0 Å². The number of carbonyl (C=O) groups excluding carboxylic acids is 2. The lowest BCUT2D eigenvalue weighted by molar-refractivity contribution is -0.123. The van der Waals surface area contributed by atoms with E-state index in [0.29, 0.717) is 6.54 Å². The maximum absolute atomic E-state index is 12.0. The number of anilines is 1. The molecule has 5 nitrogen and oxygen atoms in total. The van der Waals surface area contributed by atoms with Crippen LogP contribution in [0.1, 0.15) is 25.8 Å². The number of nitrogens with one attached hydrogen (secondary N) is 2. The highest BCUT2D eigenvalue weighted by molar-refractivity contribution is 5.97. The number of carbonyl (C=O) groups is 2. The summed E-state index contributed by atoms with van der Waals surface area (Å²) in [7, 11) is 0. The zero-order chi connectivity index (χ0) is 14.7. The van der Waals surface area contributed by atoms with Gasteiger partial charge < -0.3 is 15.4 Å². The van der Waals surface area contributed by atoms with Crippen LogP contribution in [-0.2, 0) is 9.59 Å². The molecule has 5 heteroatoms. The van der Waals surface area contributed by atoms with E-state index in [1.807, 2.05) is 39.0 Å².